The van der Waals surface area contributed by atoms with Crippen LogP contribution in [0.2, 0.25) is 5.02 Å². The van der Waals surface area contributed by atoms with Gasteiger partial charge in [-0.2, -0.15) is 11.8 Å². The third-order valence-electron chi connectivity index (χ3n) is 3.65. The smallest absolute Gasteiger partial charge is 0.202 e. The van der Waals surface area contributed by atoms with E-state index in [0.717, 1.165) is 23.3 Å². The summed E-state index contributed by atoms with van der Waals surface area (Å²) in [7, 11) is 0. The Balaban J connectivity index is 2.06. The van der Waals surface area contributed by atoms with Crippen molar-refractivity contribution >= 4 is 40.5 Å². The topological polar surface area (TPSA) is 56.7 Å². The zero-order valence-corrected chi connectivity index (χ0v) is 12.4. The van der Waals surface area contributed by atoms with Crippen molar-refractivity contribution in [2.75, 3.05) is 11.5 Å². The summed E-state index contributed by atoms with van der Waals surface area (Å²) in [6.45, 7) is 2.20. The molecule has 2 N–H and O–H groups in total. The molecule has 1 aliphatic rings. The molecular weight excluding hydrogens is 280 g/mol. The molecule has 1 saturated carbocycles. The Morgan fingerprint density at radius 3 is 3.16 bits per heavy atom. The number of pyridine rings is 1. The minimum atomic E-state index is 0.406. The van der Waals surface area contributed by atoms with E-state index in [0.29, 0.717) is 22.3 Å². The maximum atomic E-state index is 6.10. The van der Waals surface area contributed by atoms with E-state index in [1.807, 2.05) is 17.8 Å². The summed E-state index contributed by atoms with van der Waals surface area (Å²) < 4.78 is 2.10. The molecule has 4 nitrogen and oxygen atoms in total. The van der Waals surface area contributed by atoms with E-state index in [1.54, 1.807) is 6.20 Å². The van der Waals surface area contributed by atoms with E-state index in [2.05, 4.69) is 21.5 Å². The third-order valence-corrected chi connectivity index (χ3v) is 5.17. The Morgan fingerprint density at radius 1 is 1.53 bits per heavy atom. The molecule has 0 saturated heterocycles. The summed E-state index contributed by atoms with van der Waals surface area (Å²) in [4.78, 5) is 8.82. The maximum absolute atomic E-state index is 6.10. The Hall–Kier alpha value is -0.940. The number of anilines is 1. The predicted octanol–water partition coefficient (Wildman–Crippen LogP) is 3.51. The Bertz CT molecular complexity index is 598. The number of hydrogen-bond acceptors (Lipinski definition) is 4. The second-order valence-electron chi connectivity index (χ2n) is 4.83. The van der Waals surface area contributed by atoms with Gasteiger partial charge < -0.3 is 5.73 Å². The van der Waals surface area contributed by atoms with Crippen molar-refractivity contribution in [3.63, 3.8) is 0 Å². The minimum absolute atomic E-state index is 0.406. The fraction of sp³-hybridized carbons (Fsp3) is 0.538. The molecular formula is C13H17ClN4S. The predicted molar refractivity (Wildman–Crippen MR) is 81.8 cm³/mol. The van der Waals surface area contributed by atoms with Gasteiger partial charge in [-0.25, -0.2) is 9.97 Å². The number of hydrogen-bond donors (Lipinski definition) is 1. The van der Waals surface area contributed by atoms with Crippen LogP contribution in [0.1, 0.15) is 32.2 Å². The Morgan fingerprint density at radius 2 is 2.37 bits per heavy atom. The molecule has 0 aromatic carbocycles. The van der Waals surface area contributed by atoms with Gasteiger partial charge >= 0.3 is 0 Å². The van der Waals surface area contributed by atoms with E-state index in [9.17, 15) is 0 Å². The first-order valence-electron chi connectivity index (χ1n) is 6.61. The maximum Gasteiger partial charge on any atom is 0.202 e. The van der Waals surface area contributed by atoms with E-state index in [4.69, 9.17) is 17.3 Å². The van der Waals surface area contributed by atoms with Gasteiger partial charge in [0.25, 0.3) is 0 Å². The van der Waals surface area contributed by atoms with Gasteiger partial charge in [0.05, 0.1) is 11.1 Å². The zero-order chi connectivity index (χ0) is 13.4. The van der Waals surface area contributed by atoms with Crippen LogP contribution in [0.3, 0.4) is 0 Å². The summed E-state index contributed by atoms with van der Waals surface area (Å²) >= 11 is 7.97. The average Bonchev–Trinajstić information content (AvgIpc) is 2.92. The van der Waals surface area contributed by atoms with Gasteiger partial charge in [-0.15, -0.1) is 0 Å². The average molecular weight is 297 g/mol. The van der Waals surface area contributed by atoms with Crippen molar-refractivity contribution in [3.8, 4) is 0 Å². The highest BCUT2D eigenvalue weighted by Crippen LogP contribution is 2.41. The SMILES string of the molecule is CCSC1CCCC1n1c(N)nc2cc(Cl)cnc21. The lowest BCUT2D eigenvalue weighted by molar-refractivity contribution is 0.546. The van der Waals surface area contributed by atoms with Gasteiger partial charge in [0.2, 0.25) is 5.95 Å². The van der Waals surface area contributed by atoms with Gasteiger partial charge in [-0.05, 0) is 24.7 Å². The molecule has 19 heavy (non-hydrogen) atoms. The third kappa shape index (κ3) is 2.30. The van der Waals surface area contributed by atoms with Crippen molar-refractivity contribution in [2.24, 2.45) is 0 Å². The molecule has 2 unspecified atom stereocenters. The van der Waals surface area contributed by atoms with Crippen LogP contribution in [0.25, 0.3) is 11.2 Å². The van der Waals surface area contributed by atoms with E-state index in [1.165, 1.54) is 12.8 Å². The number of nitrogens with zero attached hydrogens (tertiary/aromatic N) is 3. The van der Waals surface area contributed by atoms with Crippen LogP contribution in [-0.2, 0) is 0 Å². The molecule has 0 bridgehead atoms. The molecule has 2 aromatic rings. The van der Waals surface area contributed by atoms with Crippen LogP contribution in [0.4, 0.5) is 5.95 Å². The molecule has 0 radical (unpaired) electrons. The number of rotatable bonds is 3. The first-order valence-corrected chi connectivity index (χ1v) is 8.04. The molecule has 2 atom stereocenters. The van der Waals surface area contributed by atoms with E-state index in [-0.39, 0.29) is 0 Å². The van der Waals surface area contributed by atoms with Gasteiger partial charge in [-0.3, -0.25) is 4.57 Å². The Labute approximate surface area is 121 Å². The summed E-state index contributed by atoms with van der Waals surface area (Å²) in [5, 5.41) is 1.21. The minimum Gasteiger partial charge on any atom is -0.369 e. The van der Waals surface area contributed by atoms with Crippen molar-refractivity contribution in [3.05, 3.63) is 17.3 Å². The lowest BCUT2D eigenvalue weighted by Gasteiger charge is -2.21. The van der Waals surface area contributed by atoms with Crippen LogP contribution >= 0.6 is 23.4 Å². The quantitative estimate of drug-likeness (QED) is 0.941. The fourth-order valence-corrected chi connectivity index (χ4v) is 4.31. The molecule has 2 aromatic heterocycles. The van der Waals surface area contributed by atoms with Crippen LogP contribution < -0.4 is 5.73 Å². The number of nitrogen functional groups attached to an aromatic ring is 1. The first kappa shape index (κ1) is 13.1. The standard InChI is InChI=1S/C13H17ClN4S/c1-2-19-11-5-3-4-10(11)18-12-9(17-13(18)15)6-8(14)7-16-12/h6-7,10-11H,2-5H2,1H3,(H2,15,17). The largest absolute Gasteiger partial charge is 0.369 e. The molecule has 102 valence electrons. The van der Waals surface area contributed by atoms with Crippen LogP contribution in [-0.4, -0.2) is 25.5 Å². The van der Waals surface area contributed by atoms with Gasteiger partial charge in [-0.1, -0.05) is 24.9 Å². The van der Waals surface area contributed by atoms with Crippen molar-refractivity contribution in [2.45, 2.75) is 37.5 Å². The van der Waals surface area contributed by atoms with Crippen molar-refractivity contribution < 1.29 is 0 Å². The zero-order valence-electron chi connectivity index (χ0n) is 10.8. The fourth-order valence-electron chi connectivity index (χ4n) is 2.91. The summed E-state index contributed by atoms with van der Waals surface area (Å²) in [6.07, 6.45) is 5.31. The lowest BCUT2D eigenvalue weighted by atomic mass is 10.2. The molecule has 0 amide bonds. The van der Waals surface area contributed by atoms with Gasteiger partial charge in [0.15, 0.2) is 5.65 Å². The molecule has 1 aliphatic carbocycles. The van der Waals surface area contributed by atoms with Crippen LogP contribution in [0.15, 0.2) is 12.3 Å². The molecule has 1 fully saturated rings. The van der Waals surface area contributed by atoms with Crippen LogP contribution in [0, 0.1) is 0 Å². The number of aromatic nitrogens is 3. The second kappa shape index (κ2) is 5.21. The monoisotopic (exact) mass is 296 g/mol. The Kier molecular flexibility index (Phi) is 3.58. The van der Waals surface area contributed by atoms with Crippen LogP contribution in [0.5, 0.6) is 0 Å². The molecule has 0 spiro atoms. The summed E-state index contributed by atoms with van der Waals surface area (Å²) in [6, 6.07) is 2.23. The first-order chi connectivity index (χ1) is 9.20. The number of halogens is 1. The van der Waals surface area contributed by atoms with E-state index < -0.39 is 0 Å². The molecule has 3 rings (SSSR count). The normalized spacial score (nSPS) is 23.3. The lowest BCUT2D eigenvalue weighted by Crippen LogP contribution is -2.18. The summed E-state index contributed by atoms with van der Waals surface area (Å²) in [5.41, 5.74) is 7.75. The number of thioether (sulfide) groups is 1. The molecule has 6 heteroatoms. The summed E-state index contributed by atoms with van der Waals surface area (Å²) in [5.74, 6) is 1.69. The number of fused-ring (bicyclic) bond motifs is 1. The highest BCUT2D eigenvalue weighted by molar-refractivity contribution is 7.99. The number of nitrogens with two attached hydrogens (primary N) is 1. The van der Waals surface area contributed by atoms with Crippen molar-refractivity contribution in [1.29, 1.82) is 0 Å². The molecule has 2 heterocycles. The van der Waals surface area contributed by atoms with E-state index >= 15 is 0 Å². The highest BCUT2D eigenvalue weighted by Gasteiger charge is 2.31. The van der Waals surface area contributed by atoms with Crippen molar-refractivity contribution in [1.82, 2.24) is 14.5 Å². The molecule has 0 aliphatic heterocycles. The second-order valence-corrected chi connectivity index (χ2v) is 6.78. The van der Waals surface area contributed by atoms with Gasteiger partial charge in [0, 0.05) is 11.4 Å². The van der Waals surface area contributed by atoms with Gasteiger partial charge in [0.1, 0.15) is 5.52 Å². The number of imidazole rings is 1. The highest BCUT2D eigenvalue weighted by atomic mass is 35.5.